The van der Waals surface area contributed by atoms with E-state index in [1.165, 1.54) is 41.4 Å². The normalized spacial score (nSPS) is 18.3. The summed E-state index contributed by atoms with van der Waals surface area (Å²) in [6.07, 6.45) is 0.946. The molecule has 2 aromatic carbocycles. The smallest absolute Gasteiger partial charge is 0.259 e. The first kappa shape index (κ1) is 26.2. The van der Waals surface area contributed by atoms with Crippen LogP contribution >= 0.6 is 0 Å². The summed E-state index contributed by atoms with van der Waals surface area (Å²) in [4.78, 5) is 33.9. The van der Waals surface area contributed by atoms with Gasteiger partial charge >= 0.3 is 0 Å². The number of likely N-dealkylation sites (N-methyl/N-ethyl adjacent to an activating group) is 1. The first-order valence-corrected chi connectivity index (χ1v) is 12.0. The van der Waals surface area contributed by atoms with Crippen LogP contribution in [0.25, 0.3) is 11.1 Å². The van der Waals surface area contributed by atoms with Gasteiger partial charge in [0.2, 0.25) is 5.88 Å². The van der Waals surface area contributed by atoms with Crippen molar-refractivity contribution in [3.8, 4) is 17.0 Å². The van der Waals surface area contributed by atoms with Crippen molar-refractivity contribution in [3.05, 3.63) is 83.6 Å². The molecule has 0 unspecified atom stereocenters. The summed E-state index contributed by atoms with van der Waals surface area (Å²) >= 11 is 0. The number of rotatable bonds is 6. The second kappa shape index (κ2) is 11.0. The Morgan fingerprint density at radius 1 is 1.16 bits per heavy atom. The lowest BCUT2D eigenvalue weighted by molar-refractivity contribution is 0.0313. The molecule has 1 N–H and O–H groups in total. The molecule has 1 aromatic heterocycles. The third-order valence-corrected chi connectivity index (χ3v) is 6.55. The zero-order chi connectivity index (χ0) is 26.7. The van der Waals surface area contributed by atoms with Crippen molar-refractivity contribution in [2.45, 2.75) is 26.0 Å². The van der Waals surface area contributed by atoms with Crippen molar-refractivity contribution in [1.29, 1.82) is 0 Å². The topological polar surface area (TPSA) is 83.0 Å². The zero-order valence-electron chi connectivity index (χ0n) is 20.9. The lowest BCUT2D eigenvalue weighted by Crippen LogP contribution is -2.50. The molecule has 7 nitrogen and oxygen atoms in total. The number of halogens is 2. The second-order valence-corrected chi connectivity index (χ2v) is 9.41. The van der Waals surface area contributed by atoms with Crippen LogP contribution in [0, 0.1) is 17.6 Å². The highest BCUT2D eigenvalue weighted by Gasteiger charge is 2.35. The van der Waals surface area contributed by atoms with Crippen LogP contribution in [0.15, 0.2) is 60.8 Å². The molecule has 2 amide bonds. The summed E-state index contributed by atoms with van der Waals surface area (Å²) in [7, 11) is 1.60. The molecule has 0 fully saturated rings. The molecule has 0 bridgehead atoms. The van der Waals surface area contributed by atoms with Crippen molar-refractivity contribution in [2.75, 3.05) is 26.7 Å². The minimum atomic E-state index is -0.560. The van der Waals surface area contributed by atoms with E-state index in [9.17, 15) is 23.5 Å². The Bertz CT molecular complexity index is 1300. The lowest BCUT2D eigenvalue weighted by atomic mass is 9.99. The fourth-order valence-electron chi connectivity index (χ4n) is 4.34. The van der Waals surface area contributed by atoms with Gasteiger partial charge in [0.15, 0.2) is 0 Å². The molecule has 37 heavy (non-hydrogen) atoms. The first-order chi connectivity index (χ1) is 17.7. The van der Waals surface area contributed by atoms with Gasteiger partial charge in [-0.25, -0.2) is 13.8 Å². The molecule has 0 spiro atoms. The number of pyridine rings is 1. The summed E-state index contributed by atoms with van der Waals surface area (Å²) in [6, 6.07) is 12.5. The standard InChI is InChI=1S/C28H29F2N3O4/c1-17-14-33(18(2)16-34)28(36)24-12-21(19-6-4-8-22(29)10-19)13-31-26(24)37-25(17)15-32(3)27(35)20-7-5-9-23(30)11-20/h4-13,17-18,25,34H,14-16H2,1-3H3/t17-,18+,25-/m1/s1. The number of nitrogens with zero attached hydrogens (tertiary/aromatic N) is 3. The fraction of sp³-hybridized carbons (Fsp3) is 0.321. The summed E-state index contributed by atoms with van der Waals surface area (Å²) < 4.78 is 33.7. The Morgan fingerprint density at radius 3 is 2.54 bits per heavy atom. The molecular formula is C28H29F2N3O4. The molecule has 0 radical (unpaired) electrons. The number of ether oxygens (including phenoxy) is 1. The van der Waals surface area contributed by atoms with Crippen molar-refractivity contribution >= 4 is 11.8 Å². The predicted molar refractivity (Wildman–Crippen MR) is 134 cm³/mol. The van der Waals surface area contributed by atoms with Crippen molar-refractivity contribution in [1.82, 2.24) is 14.8 Å². The maximum absolute atomic E-state index is 13.8. The van der Waals surface area contributed by atoms with Crippen LogP contribution in [0.2, 0.25) is 0 Å². The Balaban J connectivity index is 1.68. The average Bonchev–Trinajstić information content (AvgIpc) is 2.89. The highest BCUT2D eigenvalue weighted by atomic mass is 19.1. The molecular weight excluding hydrogens is 480 g/mol. The van der Waals surface area contributed by atoms with Gasteiger partial charge in [-0.05, 0) is 48.9 Å². The van der Waals surface area contributed by atoms with E-state index in [1.54, 1.807) is 43.1 Å². The van der Waals surface area contributed by atoms with Crippen molar-refractivity contribution in [2.24, 2.45) is 5.92 Å². The van der Waals surface area contributed by atoms with Crippen LogP contribution in [0.4, 0.5) is 8.78 Å². The Hall–Kier alpha value is -3.85. The molecule has 0 aliphatic carbocycles. The monoisotopic (exact) mass is 509 g/mol. The SMILES string of the molecule is C[C@@H]1CN([C@@H](C)CO)C(=O)c2cc(-c3cccc(F)c3)cnc2O[C@@H]1CN(C)C(=O)c1cccc(F)c1. The van der Waals surface area contributed by atoms with Crippen LogP contribution in [0.3, 0.4) is 0 Å². The Labute approximate surface area is 214 Å². The maximum Gasteiger partial charge on any atom is 0.259 e. The molecule has 0 saturated carbocycles. The summed E-state index contributed by atoms with van der Waals surface area (Å²) in [5, 5.41) is 9.83. The summed E-state index contributed by atoms with van der Waals surface area (Å²) in [5.41, 5.74) is 1.48. The highest BCUT2D eigenvalue weighted by molar-refractivity contribution is 5.98. The van der Waals surface area contributed by atoms with Crippen LogP contribution in [-0.4, -0.2) is 70.6 Å². The van der Waals surface area contributed by atoms with E-state index in [2.05, 4.69) is 4.98 Å². The van der Waals surface area contributed by atoms with Crippen LogP contribution < -0.4 is 4.74 Å². The number of aliphatic hydroxyl groups excluding tert-OH is 1. The number of carbonyl (C=O) groups excluding carboxylic acids is 2. The summed E-state index contributed by atoms with van der Waals surface area (Å²) in [6.45, 7) is 3.80. The first-order valence-electron chi connectivity index (χ1n) is 12.0. The lowest BCUT2D eigenvalue weighted by Gasteiger charge is -2.37. The van der Waals surface area contributed by atoms with E-state index in [-0.39, 0.29) is 54.4 Å². The molecule has 4 rings (SSSR count). The number of hydrogen-bond acceptors (Lipinski definition) is 5. The molecule has 9 heteroatoms. The second-order valence-electron chi connectivity index (χ2n) is 9.41. The minimum absolute atomic E-state index is 0.0865. The number of hydrogen-bond donors (Lipinski definition) is 1. The van der Waals surface area contributed by atoms with Gasteiger partial charge in [-0.2, -0.15) is 0 Å². The number of fused-ring (bicyclic) bond motifs is 1. The third kappa shape index (κ3) is 5.77. The maximum atomic E-state index is 13.8. The van der Waals surface area contributed by atoms with Gasteiger partial charge in [-0.1, -0.05) is 25.1 Å². The van der Waals surface area contributed by atoms with Gasteiger partial charge in [0, 0.05) is 36.8 Å². The van der Waals surface area contributed by atoms with E-state index in [4.69, 9.17) is 4.74 Å². The van der Waals surface area contributed by atoms with Crippen molar-refractivity contribution < 1.29 is 28.2 Å². The third-order valence-electron chi connectivity index (χ3n) is 6.55. The fourth-order valence-corrected chi connectivity index (χ4v) is 4.34. The number of benzene rings is 2. The van der Waals surface area contributed by atoms with Gasteiger partial charge in [0.25, 0.3) is 11.8 Å². The van der Waals surface area contributed by atoms with Crippen LogP contribution in [-0.2, 0) is 0 Å². The largest absolute Gasteiger partial charge is 0.472 e. The zero-order valence-corrected chi connectivity index (χ0v) is 20.9. The molecule has 2 heterocycles. The number of aromatic nitrogens is 1. The van der Waals surface area contributed by atoms with Crippen LogP contribution in [0.1, 0.15) is 34.6 Å². The van der Waals surface area contributed by atoms with Gasteiger partial charge in [0.1, 0.15) is 23.3 Å². The number of carbonyl (C=O) groups is 2. The highest BCUT2D eigenvalue weighted by Crippen LogP contribution is 2.30. The predicted octanol–water partition coefficient (Wildman–Crippen LogP) is 4.02. The van der Waals surface area contributed by atoms with E-state index in [0.717, 1.165) is 0 Å². The van der Waals surface area contributed by atoms with E-state index in [1.807, 2.05) is 6.92 Å². The van der Waals surface area contributed by atoms with Crippen LogP contribution in [0.5, 0.6) is 5.88 Å². The van der Waals surface area contributed by atoms with E-state index in [0.29, 0.717) is 11.1 Å². The average molecular weight is 510 g/mol. The molecule has 3 atom stereocenters. The molecule has 1 aliphatic rings. The minimum Gasteiger partial charge on any atom is -0.472 e. The molecule has 194 valence electrons. The van der Waals surface area contributed by atoms with Gasteiger partial charge in [-0.15, -0.1) is 0 Å². The van der Waals surface area contributed by atoms with Gasteiger partial charge < -0.3 is 19.6 Å². The van der Waals surface area contributed by atoms with Gasteiger partial charge in [-0.3, -0.25) is 9.59 Å². The molecule has 0 saturated heterocycles. The Kier molecular flexibility index (Phi) is 7.83. The number of amides is 2. The summed E-state index contributed by atoms with van der Waals surface area (Å²) in [5.74, 6) is -1.81. The van der Waals surface area contributed by atoms with Crippen molar-refractivity contribution in [3.63, 3.8) is 0 Å². The molecule has 3 aromatic rings. The Morgan fingerprint density at radius 2 is 1.86 bits per heavy atom. The van der Waals surface area contributed by atoms with E-state index < -0.39 is 23.8 Å². The van der Waals surface area contributed by atoms with E-state index >= 15 is 0 Å². The van der Waals surface area contributed by atoms with Gasteiger partial charge in [0.05, 0.1) is 19.2 Å². The number of aliphatic hydroxyl groups is 1. The quantitative estimate of drug-likeness (QED) is 0.543. The molecule has 1 aliphatic heterocycles.